The number of sulfone groups is 1. The summed E-state index contributed by atoms with van der Waals surface area (Å²) in [5.41, 5.74) is 0.800. The van der Waals surface area contributed by atoms with Crippen molar-refractivity contribution in [3.63, 3.8) is 0 Å². The first-order chi connectivity index (χ1) is 9.54. The van der Waals surface area contributed by atoms with E-state index in [-0.39, 0.29) is 11.3 Å². The predicted molar refractivity (Wildman–Crippen MR) is 75.1 cm³/mol. The average molecular weight is 297 g/mol. The van der Waals surface area contributed by atoms with Crippen LogP contribution >= 0.6 is 0 Å². The second-order valence-electron chi connectivity index (χ2n) is 5.24. The smallest absolute Gasteiger partial charge is 0.181 e. The molecule has 1 aromatic rings. The first-order valence-electron chi connectivity index (χ1n) is 6.95. The lowest BCUT2D eigenvalue weighted by Crippen LogP contribution is -2.34. The van der Waals surface area contributed by atoms with E-state index >= 15 is 0 Å². The van der Waals surface area contributed by atoms with Gasteiger partial charge in [0.2, 0.25) is 0 Å². The summed E-state index contributed by atoms with van der Waals surface area (Å²) in [6.07, 6.45) is 0.586. The van der Waals surface area contributed by atoms with Crippen LogP contribution in [-0.2, 0) is 9.84 Å². The van der Waals surface area contributed by atoms with Crippen LogP contribution in [0.15, 0.2) is 17.0 Å². The highest BCUT2D eigenvalue weighted by Gasteiger charge is 2.37. The SMILES string of the molecule is CCNC1CC(C)S(=O)(=O)c2cc3c(cc21)OCCO3. The molecule has 1 aromatic carbocycles. The van der Waals surface area contributed by atoms with Gasteiger partial charge in [-0.1, -0.05) is 6.92 Å². The van der Waals surface area contributed by atoms with Gasteiger partial charge in [-0.3, -0.25) is 0 Å². The van der Waals surface area contributed by atoms with Crippen LogP contribution in [0.4, 0.5) is 0 Å². The molecule has 0 amide bonds. The monoisotopic (exact) mass is 297 g/mol. The number of ether oxygens (including phenoxy) is 2. The van der Waals surface area contributed by atoms with Crippen LogP contribution in [-0.4, -0.2) is 33.4 Å². The highest BCUT2D eigenvalue weighted by molar-refractivity contribution is 7.92. The Labute approximate surface area is 119 Å². The van der Waals surface area contributed by atoms with Crippen LogP contribution in [0.1, 0.15) is 31.9 Å². The van der Waals surface area contributed by atoms with Gasteiger partial charge in [0.25, 0.3) is 0 Å². The highest BCUT2D eigenvalue weighted by atomic mass is 32.2. The third-order valence-corrected chi connectivity index (χ3v) is 6.12. The van der Waals surface area contributed by atoms with Crippen LogP contribution < -0.4 is 14.8 Å². The third kappa shape index (κ3) is 2.07. The maximum atomic E-state index is 12.5. The third-order valence-electron chi connectivity index (χ3n) is 3.90. The van der Waals surface area contributed by atoms with Gasteiger partial charge in [0.05, 0.1) is 10.1 Å². The van der Waals surface area contributed by atoms with Crippen molar-refractivity contribution < 1.29 is 17.9 Å². The standard InChI is InChI=1S/C14H19NO4S/c1-3-15-11-6-9(2)20(16,17)14-8-13-12(7-10(11)14)18-4-5-19-13/h7-9,11,15H,3-6H2,1-2H3. The minimum atomic E-state index is -3.28. The number of rotatable bonds is 2. The van der Waals surface area contributed by atoms with Gasteiger partial charge in [0, 0.05) is 12.1 Å². The molecule has 2 aliphatic heterocycles. The van der Waals surface area contributed by atoms with Crippen LogP contribution in [0.5, 0.6) is 11.5 Å². The fraction of sp³-hybridized carbons (Fsp3) is 0.571. The maximum Gasteiger partial charge on any atom is 0.181 e. The van der Waals surface area contributed by atoms with E-state index in [4.69, 9.17) is 9.47 Å². The summed E-state index contributed by atoms with van der Waals surface area (Å²) in [5, 5.41) is 2.97. The average Bonchev–Trinajstić information content (AvgIpc) is 2.44. The van der Waals surface area contributed by atoms with E-state index in [1.807, 2.05) is 13.0 Å². The van der Waals surface area contributed by atoms with Crippen molar-refractivity contribution in [2.24, 2.45) is 0 Å². The first kappa shape index (κ1) is 13.7. The second kappa shape index (κ2) is 4.93. The molecule has 0 saturated carbocycles. The molecule has 0 radical (unpaired) electrons. The number of benzene rings is 1. The van der Waals surface area contributed by atoms with E-state index in [1.165, 1.54) is 0 Å². The van der Waals surface area contributed by atoms with Crippen molar-refractivity contribution in [2.45, 2.75) is 36.5 Å². The topological polar surface area (TPSA) is 64.6 Å². The Morgan fingerprint density at radius 3 is 2.55 bits per heavy atom. The Kier molecular flexibility index (Phi) is 3.38. The van der Waals surface area contributed by atoms with Crippen molar-refractivity contribution in [1.82, 2.24) is 5.32 Å². The number of fused-ring (bicyclic) bond motifs is 2. The van der Waals surface area contributed by atoms with Crippen LogP contribution in [0, 0.1) is 0 Å². The zero-order chi connectivity index (χ0) is 14.3. The quantitative estimate of drug-likeness (QED) is 0.899. The number of nitrogens with one attached hydrogen (secondary N) is 1. The van der Waals surface area contributed by atoms with E-state index in [0.717, 1.165) is 12.1 Å². The Bertz CT molecular complexity index is 626. The summed E-state index contributed by atoms with van der Waals surface area (Å²) in [5.74, 6) is 1.17. The second-order valence-corrected chi connectivity index (χ2v) is 7.57. The molecule has 3 rings (SSSR count). The van der Waals surface area contributed by atoms with Gasteiger partial charge >= 0.3 is 0 Å². The van der Waals surface area contributed by atoms with Crippen LogP contribution in [0.3, 0.4) is 0 Å². The van der Waals surface area contributed by atoms with E-state index in [9.17, 15) is 8.42 Å². The number of hydrogen-bond donors (Lipinski definition) is 1. The largest absolute Gasteiger partial charge is 0.486 e. The fourth-order valence-electron chi connectivity index (χ4n) is 2.85. The van der Waals surface area contributed by atoms with Gasteiger partial charge in [-0.15, -0.1) is 0 Å². The normalized spacial score (nSPS) is 26.9. The Morgan fingerprint density at radius 1 is 1.25 bits per heavy atom. The van der Waals surface area contributed by atoms with Crippen molar-refractivity contribution >= 4 is 9.84 Å². The predicted octanol–water partition coefficient (Wildman–Crippen LogP) is 1.67. The Balaban J connectivity index is 2.17. The Hall–Kier alpha value is -1.27. The zero-order valence-corrected chi connectivity index (χ0v) is 12.5. The lowest BCUT2D eigenvalue weighted by Gasteiger charge is -2.32. The molecule has 110 valence electrons. The van der Waals surface area contributed by atoms with Crippen molar-refractivity contribution in [1.29, 1.82) is 0 Å². The summed E-state index contributed by atoms with van der Waals surface area (Å²) in [6, 6.07) is 3.49. The number of hydrogen-bond acceptors (Lipinski definition) is 5. The first-order valence-corrected chi connectivity index (χ1v) is 8.49. The van der Waals surface area contributed by atoms with E-state index in [0.29, 0.717) is 36.0 Å². The van der Waals surface area contributed by atoms with Crippen LogP contribution in [0.25, 0.3) is 0 Å². The van der Waals surface area contributed by atoms with E-state index in [1.54, 1.807) is 13.0 Å². The van der Waals surface area contributed by atoms with Crippen molar-refractivity contribution in [3.8, 4) is 11.5 Å². The molecule has 2 aliphatic rings. The van der Waals surface area contributed by atoms with E-state index < -0.39 is 9.84 Å². The molecule has 2 unspecified atom stereocenters. The molecule has 0 fully saturated rings. The summed E-state index contributed by atoms with van der Waals surface area (Å²) in [6.45, 7) is 5.54. The van der Waals surface area contributed by atoms with Gasteiger partial charge in [0.15, 0.2) is 21.3 Å². The van der Waals surface area contributed by atoms with Gasteiger partial charge in [-0.05, 0) is 31.5 Å². The van der Waals surface area contributed by atoms with Gasteiger partial charge in [-0.25, -0.2) is 8.42 Å². The molecule has 0 aliphatic carbocycles. The molecule has 5 nitrogen and oxygen atoms in total. The van der Waals surface area contributed by atoms with Gasteiger partial charge in [-0.2, -0.15) is 0 Å². The molecule has 2 heterocycles. The molecular weight excluding hydrogens is 278 g/mol. The summed E-state index contributed by atoms with van der Waals surface area (Å²) >= 11 is 0. The fourth-order valence-corrected chi connectivity index (χ4v) is 4.53. The molecule has 20 heavy (non-hydrogen) atoms. The zero-order valence-electron chi connectivity index (χ0n) is 11.7. The lowest BCUT2D eigenvalue weighted by molar-refractivity contribution is 0.170. The molecular formula is C14H19NO4S. The minimum absolute atomic E-state index is 0.0457. The molecule has 0 spiro atoms. The Morgan fingerprint density at radius 2 is 1.90 bits per heavy atom. The van der Waals surface area contributed by atoms with Crippen molar-refractivity contribution in [3.05, 3.63) is 17.7 Å². The summed E-state index contributed by atoms with van der Waals surface area (Å²) < 4.78 is 36.1. The van der Waals surface area contributed by atoms with Gasteiger partial charge in [0.1, 0.15) is 13.2 Å². The highest BCUT2D eigenvalue weighted by Crippen LogP contribution is 2.43. The lowest BCUT2D eigenvalue weighted by atomic mass is 10.0. The molecule has 1 N–H and O–H groups in total. The van der Waals surface area contributed by atoms with E-state index in [2.05, 4.69) is 5.32 Å². The van der Waals surface area contributed by atoms with Gasteiger partial charge < -0.3 is 14.8 Å². The van der Waals surface area contributed by atoms with Crippen molar-refractivity contribution in [2.75, 3.05) is 19.8 Å². The molecule has 0 saturated heterocycles. The maximum absolute atomic E-state index is 12.5. The van der Waals surface area contributed by atoms with Crippen LogP contribution in [0.2, 0.25) is 0 Å². The summed E-state index contributed by atoms with van der Waals surface area (Å²) in [4.78, 5) is 0.381. The molecule has 0 bridgehead atoms. The minimum Gasteiger partial charge on any atom is -0.486 e. The summed E-state index contributed by atoms with van der Waals surface area (Å²) in [7, 11) is -3.28. The molecule has 6 heteroatoms. The molecule has 0 aromatic heterocycles. The molecule has 2 atom stereocenters.